The number of nitrogens with two attached hydrogens (primary N) is 1. The Morgan fingerprint density at radius 3 is 2.65 bits per heavy atom. The molecule has 1 rings (SSSR count). The standard InChI is InChI=1S/C12H16N4O4/c1-2-14-9-7-8(3-4-10(9)16(19)20)12(18)15-6-5-11(13)17/h3-4,7,14H,2,5-6H2,1H3,(H2,13,17)(H,15,18). The van der Waals surface area contributed by atoms with Crippen molar-refractivity contribution >= 4 is 23.2 Å². The lowest BCUT2D eigenvalue weighted by Crippen LogP contribution is -2.27. The number of primary amides is 1. The number of carbonyl (C=O) groups excluding carboxylic acids is 2. The monoisotopic (exact) mass is 280 g/mol. The zero-order chi connectivity index (χ0) is 15.1. The number of nitrogens with one attached hydrogen (secondary N) is 2. The summed E-state index contributed by atoms with van der Waals surface area (Å²) in [5.41, 5.74) is 5.41. The van der Waals surface area contributed by atoms with Gasteiger partial charge in [0.2, 0.25) is 5.91 Å². The number of hydrogen-bond donors (Lipinski definition) is 3. The lowest BCUT2D eigenvalue weighted by molar-refractivity contribution is -0.384. The Kier molecular flexibility index (Phi) is 5.45. The van der Waals surface area contributed by atoms with Crippen molar-refractivity contribution in [2.45, 2.75) is 13.3 Å². The minimum Gasteiger partial charge on any atom is -0.380 e. The number of amides is 2. The number of anilines is 1. The molecule has 1 aromatic rings. The third-order valence-electron chi connectivity index (χ3n) is 2.48. The average Bonchev–Trinajstić information content (AvgIpc) is 2.38. The number of nitro benzene ring substituents is 1. The summed E-state index contributed by atoms with van der Waals surface area (Å²) < 4.78 is 0. The summed E-state index contributed by atoms with van der Waals surface area (Å²) in [4.78, 5) is 32.7. The van der Waals surface area contributed by atoms with Crippen LogP contribution in [0.5, 0.6) is 0 Å². The van der Waals surface area contributed by atoms with Gasteiger partial charge in [0.1, 0.15) is 5.69 Å². The maximum Gasteiger partial charge on any atom is 0.292 e. The van der Waals surface area contributed by atoms with Gasteiger partial charge < -0.3 is 16.4 Å². The highest BCUT2D eigenvalue weighted by Crippen LogP contribution is 2.25. The van der Waals surface area contributed by atoms with Gasteiger partial charge in [-0.25, -0.2) is 0 Å². The summed E-state index contributed by atoms with van der Waals surface area (Å²) in [5, 5.41) is 16.2. The predicted molar refractivity (Wildman–Crippen MR) is 73.4 cm³/mol. The molecule has 0 spiro atoms. The first-order valence-corrected chi connectivity index (χ1v) is 6.04. The number of carbonyl (C=O) groups is 2. The molecule has 8 nitrogen and oxygen atoms in total. The third-order valence-corrected chi connectivity index (χ3v) is 2.48. The second-order valence-corrected chi connectivity index (χ2v) is 3.99. The van der Waals surface area contributed by atoms with E-state index in [-0.39, 0.29) is 29.9 Å². The Bertz CT molecular complexity index is 530. The molecular weight excluding hydrogens is 264 g/mol. The van der Waals surface area contributed by atoms with E-state index < -0.39 is 16.7 Å². The van der Waals surface area contributed by atoms with Crippen LogP contribution in [0.25, 0.3) is 0 Å². The van der Waals surface area contributed by atoms with Crippen LogP contribution in [-0.2, 0) is 4.79 Å². The van der Waals surface area contributed by atoms with Gasteiger partial charge in [-0.3, -0.25) is 19.7 Å². The number of nitrogens with zero attached hydrogens (tertiary/aromatic N) is 1. The van der Waals surface area contributed by atoms with Crippen molar-refractivity contribution in [1.82, 2.24) is 5.32 Å². The van der Waals surface area contributed by atoms with E-state index in [2.05, 4.69) is 10.6 Å². The summed E-state index contributed by atoms with van der Waals surface area (Å²) in [6.07, 6.45) is 0.0405. The Balaban J connectivity index is 2.85. The second-order valence-electron chi connectivity index (χ2n) is 3.99. The highest BCUT2D eigenvalue weighted by molar-refractivity contribution is 5.96. The number of hydrogen-bond acceptors (Lipinski definition) is 5. The molecule has 0 heterocycles. The number of nitro groups is 1. The van der Waals surface area contributed by atoms with Gasteiger partial charge in [-0.2, -0.15) is 0 Å². The van der Waals surface area contributed by atoms with Crippen LogP contribution >= 0.6 is 0 Å². The van der Waals surface area contributed by atoms with Crippen LogP contribution in [0.15, 0.2) is 18.2 Å². The average molecular weight is 280 g/mol. The summed E-state index contributed by atoms with van der Waals surface area (Å²) in [5.74, 6) is -0.928. The maximum absolute atomic E-state index is 11.8. The number of benzene rings is 1. The van der Waals surface area contributed by atoms with Crippen molar-refractivity contribution < 1.29 is 14.5 Å². The molecule has 0 saturated carbocycles. The summed E-state index contributed by atoms with van der Waals surface area (Å²) >= 11 is 0. The molecule has 0 unspecified atom stereocenters. The minimum atomic E-state index is -0.521. The van der Waals surface area contributed by atoms with Gasteiger partial charge in [-0.05, 0) is 19.1 Å². The molecule has 0 aliphatic heterocycles. The largest absolute Gasteiger partial charge is 0.380 e. The van der Waals surface area contributed by atoms with Crippen LogP contribution < -0.4 is 16.4 Å². The van der Waals surface area contributed by atoms with Gasteiger partial charge in [-0.1, -0.05) is 0 Å². The fourth-order valence-corrected chi connectivity index (χ4v) is 1.57. The molecule has 0 aromatic heterocycles. The lowest BCUT2D eigenvalue weighted by atomic mass is 10.1. The molecule has 0 saturated heterocycles. The zero-order valence-corrected chi connectivity index (χ0v) is 11.0. The number of rotatable bonds is 7. The lowest BCUT2D eigenvalue weighted by Gasteiger charge is -2.08. The minimum absolute atomic E-state index is 0.0405. The Labute approximate surface area is 115 Å². The van der Waals surface area contributed by atoms with Crippen LogP contribution in [-0.4, -0.2) is 29.8 Å². The molecule has 20 heavy (non-hydrogen) atoms. The van der Waals surface area contributed by atoms with Gasteiger partial charge in [0.25, 0.3) is 11.6 Å². The maximum atomic E-state index is 11.8. The van der Waals surface area contributed by atoms with Gasteiger partial charge >= 0.3 is 0 Å². The van der Waals surface area contributed by atoms with Crippen LogP contribution in [0.4, 0.5) is 11.4 Å². The SMILES string of the molecule is CCNc1cc(C(=O)NCCC(N)=O)ccc1[N+](=O)[O-]. The fourth-order valence-electron chi connectivity index (χ4n) is 1.57. The molecule has 0 aliphatic rings. The smallest absolute Gasteiger partial charge is 0.292 e. The van der Waals surface area contributed by atoms with Crippen molar-refractivity contribution in [2.75, 3.05) is 18.4 Å². The molecule has 4 N–H and O–H groups in total. The molecule has 2 amide bonds. The van der Waals surface area contributed by atoms with Crippen LogP contribution in [0.1, 0.15) is 23.7 Å². The topological polar surface area (TPSA) is 127 Å². The van der Waals surface area contributed by atoms with E-state index in [9.17, 15) is 19.7 Å². The first-order chi connectivity index (χ1) is 9.45. The van der Waals surface area contributed by atoms with Crippen molar-refractivity contribution in [3.05, 3.63) is 33.9 Å². The normalized spacial score (nSPS) is 9.85. The van der Waals surface area contributed by atoms with Crippen LogP contribution in [0.2, 0.25) is 0 Å². The van der Waals surface area contributed by atoms with Gasteiger partial charge in [0.15, 0.2) is 0 Å². The van der Waals surface area contributed by atoms with Gasteiger partial charge in [0.05, 0.1) is 4.92 Å². The fraction of sp³-hybridized carbons (Fsp3) is 0.333. The molecule has 8 heteroatoms. The van der Waals surface area contributed by atoms with E-state index in [0.717, 1.165) is 0 Å². The predicted octanol–water partition coefficient (Wildman–Crippen LogP) is 0.632. The summed E-state index contributed by atoms with van der Waals surface area (Å²) in [6, 6.07) is 4.03. The van der Waals surface area contributed by atoms with Crippen molar-refractivity contribution in [3.8, 4) is 0 Å². The van der Waals surface area contributed by atoms with E-state index in [0.29, 0.717) is 6.54 Å². The molecule has 0 fully saturated rings. The summed E-state index contributed by atoms with van der Waals surface area (Å²) in [7, 11) is 0. The Morgan fingerprint density at radius 2 is 2.10 bits per heavy atom. The van der Waals surface area contributed by atoms with E-state index in [1.807, 2.05) is 0 Å². The molecule has 0 atom stereocenters. The molecule has 1 aromatic carbocycles. The Hall–Kier alpha value is -2.64. The first kappa shape index (κ1) is 15.4. The van der Waals surface area contributed by atoms with Gasteiger partial charge in [-0.15, -0.1) is 0 Å². The van der Waals surface area contributed by atoms with E-state index >= 15 is 0 Å². The van der Waals surface area contributed by atoms with Gasteiger partial charge in [0, 0.05) is 31.1 Å². The van der Waals surface area contributed by atoms with Crippen molar-refractivity contribution in [1.29, 1.82) is 0 Å². The highest BCUT2D eigenvalue weighted by atomic mass is 16.6. The highest BCUT2D eigenvalue weighted by Gasteiger charge is 2.16. The zero-order valence-electron chi connectivity index (χ0n) is 11.0. The molecule has 0 aliphatic carbocycles. The Morgan fingerprint density at radius 1 is 1.40 bits per heavy atom. The van der Waals surface area contributed by atoms with Crippen molar-refractivity contribution in [3.63, 3.8) is 0 Å². The second kappa shape index (κ2) is 7.07. The van der Waals surface area contributed by atoms with Crippen LogP contribution in [0, 0.1) is 10.1 Å². The molecule has 108 valence electrons. The van der Waals surface area contributed by atoms with E-state index in [1.54, 1.807) is 6.92 Å². The summed E-state index contributed by atoms with van der Waals surface area (Å²) in [6.45, 7) is 2.42. The first-order valence-electron chi connectivity index (χ1n) is 6.04. The molecule has 0 radical (unpaired) electrons. The van der Waals surface area contributed by atoms with Crippen LogP contribution in [0.3, 0.4) is 0 Å². The van der Waals surface area contributed by atoms with Crippen molar-refractivity contribution in [2.24, 2.45) is 5.73 Å². The van der Waals surface area contributed by atoms with E-state index in [1.165, 1.54) is 18.2 Å². The molecular formula is C12H16N4O4. The van der Waals surface area contributed by atoms with E-state index in [4.69, 9.17) is 5.73 Å². The quantitative estimate of drug-likeness (QED) is 0.498. The third kappa shape index (κ3) is 4.23. The molecule has 0 bridgehead atoms.